The van der Waals surface area contributed by atoms with Crippen LogP contribution < -0.4 is 37.1 Å². The van der Waals surface area contributed by atoms with Gasteiger partial charge in [0.05, 0.1) is 86.3 Å². The van der Waals surface area contributed by atoms with Crippen LogP contribution in [0.3, 0.4) is 0 Å². The fourth-order valence-corrected chi connectivity index (χ4v) is 13.1. The summed E-state index contributed by atoms with van der Waals surface area (Å²) in [5.74, 6) is -12.8. The number of nitrogens with two attached hydrogens (primary N) is 1. The number of methoxy groups -OCH3 is 1. The van der Waals surface area contributed by atoms with Crippen molar-refractivity contribution in [3.8, 4) is 5.75 Å². The van der Waals surface area contributed by atoms with Crippen LogP contribution in [-0.2, 0) is 88.8 Å². The van der Waals surface area contributed by atoms with Gasteiger partial charge in [-0.1, -0.05) is 32.4 Å². The quantitative estimate of drug-likeness (QED) is 0.0485. The number of imide groups is 1. The molecule has 0 saturated carbocycles. The van der Waals surface area contributed by atoms with E-state index >= 15 is 4.21 Å². The number of rotatable bonds is 17. The molecule has 0 aliphatic carbocycles. The molecule has 3 aromatic rings. The third kappa shape index (κ3) is 15.7. The zero-order valence-corrected chi connectivity index (χ0v) is 48.6. The molecular formula is C54H72N12O16S2. The van der Waals surface area contributed by atoms with Crippen LogP contribution in [0.1, 0.15) is 82.5 Å². The standard InChI is InChI=1S/C54H72N12O16S2/c1-5-27(2)34-16-31(68)19-56-49(76)29-14-35-33-8-9-42(82-4)36(25-83-13-7-6-12-64-21-30(62-63-64)22-66-45(74)10-11-46(66)75)48(33)61-53(35)84(81)26-38(58-44(73)20-57-50(34)77)51(78)59-37(18-43(55)72)54(80)65-23-32(69)17-39(65)52(79)60-47(40(70)15-29)28(3)41(71)24-67/h8-11,21,27-29,32,34,37-39,41,47,61,67,69,71H,5-7,12-20,22-26H2,1-4H3,(H2,55,72)(H,56,76)(H,57,77)(H,58,73)(H,59,78)(H,60,79)/t27-,28-,29+,32+,34-,37-,38-,39-,41-,47-,84?/m0/s1. The fourth-order valence-electron chi connectivity index (χ4n) is 10.6. The lowest BCUT2D eigenvalue weighted by atomic mass is 9.85. The molecule has 1 unspecified atom stereocenters. The van der Waals surface area contributed by atoms with Crippen LogP contribution in [0, 0.1) is 23.7 Å². The summed E-state index contributed by atoms with van der Waals surface area (Å²) in [5, 5.41) is 53.1. The number of aromatic amines is 1. The van der Waals surface area contributed by atoms with E-state index in [0.717, 1.165) is 9.80 Å². The van der Waals surface area contributed by atoms with Crippen molar-refractivity contribution < 1.29 is 77.0 Å². The van der Waals surface area contributed by atoms with Crippen LogP contribution in [0.4, 0.5) is 0 Å². The maximum Gasteiger partial charge on any atom is 0.253 e. The number of aromatic nitrogens is 4. The van der Waals surface area contributed by atoms with Crippen LogP contribution >= 0.6 is 11.8 Å². The third-order valence-corrected chi connectivity index (χ3v) is 18.1. The molecule has 1 aromatic carbocycles. The summed E-state index contributed by atoms with van der Waals surface area (Å²) in [6.45, 7) is 2.57. The predicted molar refractivity (Wildman–Crippen MR) is 300 cm³/mol. The third-order valence-electron chi connectivity index (χ3n) is 15.6. The highest BCUT2D eigenvalue weighted by molar-refractivity contribution is 7.98. The number of aliphatic hydroxyl groups excluding tert-OH is 3. The molecule has 0 radical (unpaired) electrons. The largest absolute Gasteiger partial charge is 0.496 e. The summed E-state index contributed by atoms with van der Waals surface area (Å²) in [4.78, 5) is 157. The van der Waals surface area contributed by atoms with Gasteiger partial charge in [0.2, 0.25) is 41.4 Å². The molecule has 28 nitrogen and oxygen atoms in total. The van der Waals surface area contributed by atoms with E-state index in [1.54, 1.807) is 36.9 Å². The van der Waals surface area contributed by atoms with E-state index in [9.17, 15) is 68.1 Å². The number of Topliss-reactive ketones (excluding diaryl/α,β-unsaturated/α-hetero) is 2. The van der Waals surface area contributed by atoms with Gasteiger partial charge in [0.15, 0.2) is 11.6 Å². The molecule has 4 aliphatic rings. The van der Waals surface area contributed by atoms with Gasteiger partial charge in [-0.15, -0.1) is 5.10 Å². The van der Waals surface area contributed by atoms with Gasteiger partial charge in [-0.05, 0) is 48.6 Å². The van der Waals surface area contributed by atoms with E-state index < -0.39 is 193 Å². The van der Waals surface area contributed by atoms with E-state index in [1.165, 1.54) is 37.9 Å². The van der Waals surface area contributed by atoms with Gasteiger partial charge >= 0.3 is 0 Å². The number of aliphatic hydroxyl groups is 3. The van der Waals surface area contributed by atoms with Crippen molar-refractivity contribution in [1.29, 1.82) is 0 Å². The Morgan fingerprint density at radius 2 is 1.65 bits per heavy atom. The molecular weight excluding hydrogens is 1140 g/mol. The number of primary amides is 1. The number of carbonyl (C=O) groups excluding carboxylic acids is 11. The van der Waals surface area contributed by atoms with E-state index in [0.29, 0.717) is 59.5 Å². The molecule has 7 rings (SSSR count). The first-order valence-electron chi connectivity index (χ1n) is 27.7. The van der Waals surface area contributed by atoms with Crippen molar-refractivity contribution in [2.75, 3.05) is 44.9 Å². The first kappa shape index (κ1) is 64.2. The summed E-state index contributed by atoms with van der Waals surface area (Å²) in [5.41, 5.74) is 7.18. The average Bonchev–Trinajstić information content (AvgIpc) is 2.37. The molecule has 9 amide bonds. The van der Waals surface area contributed by atoms with Gasteiger partial charge in [0.25, 0.3) is 11.8 Å². The molecule has 0 spiro atoms. The number of ether oxygens (including phenoxy) is 1. The van der Waals surface area contributed by atoms with Crippen molar-refractivity contribution in [1.82, 2.24) is 56.4 Å². The van der Waals surface area contributed by atoms with Crippen molar-refractivity contribution >= 4 is 98.2 Å². The first-order valence-corrected chi connectivity index (χ1v) is 30.1. The molecule has 11 atom stereocenters. The molecule has 2 bridgehead atoms. The topological polar surface area (TPSA) is 414 Å². The maximum atomic E-state index is 15.3. The number of thioether (sulfide) groups is 1. The molecule has 84 heavy (non-hydrogen) atoms. The number of unbranched alkanes of at least 4 members (excludes halogenated alkanes) is 1. The summed E-state index contributed by atoms with van der Waals surface area (Å²) < 4.78 is 22.8. The second kappa shape index (κ2) is 28.9. The Kier molecular flexibility index (Phi) is 22.1. The summed E-state index contributed by atoms with van der Waals surface area (Å²) in [6.07, 6.45) is 0.0220. The summed E-state index contributed by atoms with van der Waals surface area (Å²) in [7, 11) is -0.956. The highest BCUT2D eigenvalue weighted by atomic mass is 32.2. The number of aryl methyl sites for hydroxylation is 1. The predicted octanol–water partition coefficient (Wildman–Crippen LogP) is -2.71. The Morgan fingerprint density at radius 1 is 0.929 bits per heavy atom. The van der Waals surface area contributed by atoms with E-state index in [4.69, 9.17) is 10.5 Å². The normalized spacial score (nSPS) is 25.6. The van der Waals surface area contributed by atoms with Crippen LogP contribution in [0.2, 0.25) is 0 Å². The zero-order valence-electron chi connectivity index (χ0n) is 47.0. The highest BCUT2D eigenvalue weighted by Crippen LogP contribution is 2.37. The van der Waals surface area contributed by atoms with Crippen LogP contribution in [0.5, 0.6) is 5.75 Å². The smallest absolute Gasteiger partial charge is 0.253 e. The number of hydrogen-bond acceptors (Lipinski definition) is 19. The summed E-state index contributed by atoms with van der Waals surface area (Å²) >= 11 is 1.52. The van der Waals surface area contributed by atoms with Gasteiger partial charge in [0.1, 0.15) is 34.6 Å². The lowest BCUT2D eigenvalue weighted by Gasteiger charge is -2.32. The van der Waals surface area contributed by atoms with Crippen LogP contribution in [0.25, 0.3) is 10.9 Å². The SMILES string of the molecule is CC[C@H](C)[C@@H]1CC(=O)CNC(=O)[C@H]2CC(=O)[C@H]([C@@H](C)[C@@H](O)CO)NC(=O)[C@@H]3C[C@@H](O)CN3C(=O)[C@H](CC(N)=O)NC(=O)[C@H](CS(=O)c3[nH]c4c(CSCCCCn5cc(CN6C(=O)C=CC6=O)nn5)c(OC)ccc4c3C2)NC(=O)CNC1=O. The lowest BCUT2D eigenvalue weighted by molar-refractivity contribution is -0.144. The van der Waals surface area contributed by atoms with Gasteiger partial charge in [-0.3, -0.25) is 66.5 Å². The zero-order chi connectivity index (χ0) is 61.1. The number of nitrogens with zero attached hydrogens (tertiary/aromatic N) is 5. The van der Waals surface area contributed by atoms with E-state index in [-0.39, 0.29) is 29.3 Å². The Labute approximate surface area is 489 Å². The van der Waals surface area contributed by atoms with E-state index in [1.807, 2.05) is 0 Å². The van der Waals surface area contributed by atoms with Crippen molar-refractivity contribution in [2.24, 2.45) is 29.4 Å². The summed E-state index contributed by atoms with van der Waals surface area (Å²) in [6, 6.07) is -3.64. The van der Waals surface area contributed by atoms with Crippen molar-refractivity contribution in [3.05, 3.63) is 47.3 Å². The maximum absolute atomic E-state index is 15.3. The number of hydrogen-bond donors (Lipinski definition) is 10. The number of carbonyl (C=O) groups is 11. The van der Waals surface area contributed by atoms with Gasteiger partial charge < -0.3 is 62.3 Å². The number of ketones is 2. The molecule has 1 saturated heterocycles. The first-order chi connectivity index (χ1) is 40.0. The molecule has 4 aliphatic heterocycles. The number of nitrogens with one attached hydrogen (secondary N) is 6. The molecule has 456 valence electrons. The van der Waals surface area contributed by atoms with Gasteiger partial charge in [-0.2, -0.15) is 11.8 Å². The van der Waals surface area contributed by atoms with Crippen LogP contribution in [-0.4, -0.2) is 195 Å². The molecule has 2 aromatic heterocycles. The fraction of sp³-hybridized carbons (Fsp3) is 0.574. The minimum Gasteiger partial charge on any atom is -0.496 e. The molecule has 11 N–H and O–H groups in total. The highest BCUT2D eigenvalue weighted by Gasteiger charge is 2.45. The number of fused-ring (bicyclic) bond motifs is 5. The number of H-pyrrole nitrogens is 1. The number of benzene rings is 1. The Balaban J connectivity index is 1.31. The number of amides is 9. The second-order valence-electron chi connectivity index (χ2n) is 21.5. The Bertz CT molecular complexity index is 3080. The van der Waals surface area contributed by atoms with Gasteiger partial charge in [-0.25, -0.2) is 0 Å². The second-order valence-corrected chi connectivity index (χ2v) is 24.1. The minimum atomic E-state index is -2.40. The molecule has 6 heterocycles. The average molecular weight is 1210 g/mol. The van der Waals surface area contributed by atoms with Crippen molar-refractivity contribution in [3.63, 3.8) is 0 Å². The Morgan fingerprint density at radius 3 is 2.35 bits per heavy atom. The van der Waals surface area contributed by atoms with Crippen molar-refractivity contribution in [2.45, 2.75) is 132 Å². The minimum absolute atomic E-state index is 0.0217. The van der Waals surface area contributed by atoms with Crippen LogP contribution in [0.15, 0.2) is 35.5 Å². The van der Waals surface area contributed by atoms with Gasteiger partial charge in [0, 0.05) is 79.0 Å². The molecule has 1 fully saturated rings. The molecule has 30 heteroatoms. The van der Waals surface area contributed by atoms with E-state index in [2.05, 4.69) is 41.9 Å². The lowest BCUT2D eigenvalue weighted by Crippen LogP contribution is -2.60. The monoisotopic (exact) mass is 1210 g/mol. The Hall–Kier alpha value is -7.41.